The fourth-order valence-corrected chi connectivity index (χ4v) is 11.1. The zero-order chi connectivity index (χ0) is 37.7. The molecule has 10 aromatic rings. The number of hydrogen-bond acceptors (Lipinski definition) is 4. The van der Waals surface area contributed by atoms with Crippen molar-refractivity contribution in [3.63, 3.8) is 0 Å². The summed E-state index contributed by atoms with van der Waals surface area (Å²) >= 11 is 0. The number of furan rings is 1. The molecular formula is C51H37N4OSi. The van der Waals surface area contributed by atoms with Crippen LogP contribution in [0.25, 0.3) is 49.4 Å². The average Bonchev–Trinajstić information content (AvgIpc) is 3.96. The Balaban J connectivity index is 1.03. The summed E-state index contributed by atoms with van der Waals surface area (Å²) in [7, 11) is -1.27. The topological polar surface area (TPSA) is 45.7 Å². The second-order valence-corrected chi connectivity index (χ2v) is 17.1. The van der Waals surface area contributed by atoms with Gasteiger partial charge in [-0.2, -0.15) is 0 Å². The third-order valence-corrected chi connectivity index (χ3v) is 13.9. The molecule has 1 aliphatic rings. The van der Waals surface area contributed by atoms with E-state index in [0.29, 0.717) is 6.54 Å². The van der Waals surface area contributed by atoms with Crippen LogP contribution < -0.4 is 21.0 Å². The van der Waals surface area contributed by atoms with Crippen molar-refractivity contribution in [3.05, 3.63) is 217 Å². The number of amidine groups is 1. The number of nitrogens with zero attached hydrogens (tertiary/aromatic N) is 3. The quantitative estimate of drug-likeness (QED) is 0.124. The van der Waals surface area contributed by atoms with Gasteiger partial charge >= 0.3 is 0 Å². The first-order valence-corrected chi connectivity index (χ1v) is 20.9. The lowest BCUT2D eigenvalue weighted by molar-refractivity contribution is 0.293. The van der Waals surface area contributed by atoms with Gasteiger partial charge in [0.1, 0.15) is 23.2 Å². The minimum absolute atomic E-state index is 0.148. The molecule has 1 radical (unpaired) electrons. The molecule has 0 fully saturated rings. The third kappa shape index (κ3) is 5.94. The van der Waals surface area contributed by atoms with Crippen molar-refractivity contribution >= 4 is 73.9 Å². The van der Waals surface area contributed by atoms with E-state index in [1.165, 1.54) is 37.4 Å². The maximum atomic E-state index is 6.47. The molecule has 0 saturated heterocycles. The first kappa shape index (κ1) is 33.4. The van der Waals surface area contributed by atoms with E-state index in [9.17, 15) is 0 Å². The van der Waals surface area contributed by atoms with Crippen LogP contribution in [-0.4, -0.2) is 24.2 Å². The Morgan fingerprint density at radius 2 is 1.14 bits per heavy atom. The monoisotopic (exact) mass is 749 g/mol. The first-order chi connectivity index (χ1) is 28.2. The Hall–Kier alpha value is -6.99. The summed E-state index contributed by atoms with van der Waals surface area (Å²) in [5, 5.41) is 10.9. The summed E-state index contributed by atoms with van der Waals surface area (Å²) in [4.78, 5) is 5.15. The largest absolute Gasteiger partial charge is 0.456 e. The maximum Gasteiger partial charge on any atom is 0.154 e. The zero-order valence-electron chi connectivity index (χ0n) is 31.1. The van der Waals surface area contributed by atoms with Gasteiger partial charge in [-0.15, -0.1) is 0 Å². The van der Waals surface area contributed by atoms with Gasteiger partial charge in [0.05, 0.1) is 17.6 Å². The van der Waals surface area contributed by atoms with Crippen LogP contribution in [0.5, 0.6) is 0 Å². The normalized spacial score (nSPS) is 14.4. The third-order valence-electron chi connectivity index (χ3n) is 11.1. The second-order valence-electron chi connectivity index (χ2n) is 14.7. The average molecular weight is 750 g/mol. The smallest absolute Gasteiger partial charge is 0.154 e. The van der Waals surface area contributed by atoms with Crippen LogP contribution in [0, 0.1) is 0 Å². The summed E-state index contributed by atoms with van der Waals surface area (Å²) in [5.41, 5.74) is 12.4. The molecule has 271 valence electrons. The second kappa shape index (κ2) is 13.9. The molecule has 0 saturated carbocycles. The summed E-state index contributed by atoms with van der Waals surface area (Å²) < 4.78 is 8.90. The van der Waals surface area contributed by atoms with E-state index in [2.05, 4.69) is 197 Å². The Morgan fingerprint density at radius 3 is 1.86 bits per heavy atom. The van der Waals surface area contributed by atoms with E-state index in [4.69, 9.17) is 9.41 Å². The Kier molecular flexibility index (Phi) is 8.16. The van der Waals surface area contributed by atoms with Crippen molar-refractivity contribution in [1.82, 2.24) is 15.0 Å². The van der Waals surface area contributed by atoms with E-state index in [1.807, 2.05) is 18.2 Å². The van der Waals surface area contributed by atoms with Crippen molar-refractivity contribution in [2.45, 2.75) is 12.7 Å². The number of hydrazine groups is 1. The molecule has 1 aliphatic heterocycles. The highest BCUT2D eigenvalue weighted by molar-refractivity contribution is 6.95. The molecule has 0 spiro atoms. The lowest BCUT2D eigenvalue weighted by Gasteiger charge is -2.22. The summed E-state index contributed by atoms with van der Waals surface area (Å²) in [6.45, 7) is 0.666. The maximum absolute atomic E-state index is 6.47. The van der Waals surface area contributed by atoms with Crippen LogP contribution >= 0.6 is 0 Å². The van der Waals surface area contributed by atoms with Gasteiger partial charge in [-0.05, 0) is 52.7 Å². The highest BCUT2D eigenvalue weighted by atomic mass is 28.3. The molecule has 2 aromatic heterocycles. The Morgan fingerprint density at radius 1 is 0.509 bits per heavy atom. The van der Waals surface area contributed by atoms with E-state index in [0.717, 1.165) is 50.1 Å². The minimum atomic E-state index is -1.27. The number of benzene rings is 8. The van der Waals surface area contributed by atoms with Gasteiger partial charge in [0.25, 0.3) is 0 Å². The van der Waals surface area contributed by atoms with Crippen LogP contribution in [0.1, 0.15) is 22.9 Å². The van der Waals surface area contributed by atoms with Crippen molar-refractivity contribution in [2.75, 3.05) is 0 Å². The van der Waals surface area contributed by atoms with Crippen molar-refractivity contribution < 1.29 is 4.42 Å². The molecular weight excluding hydrogens is 713 g/mol. The lowest BCUT2D eigenvalue weighted by atomic mass is 10.1. The highest BCUT2D eigenvalue weighted by Crippen LogP contribution is 2.38. The van der Waals surface area contributed by atoms with Crippen LogP contribution in [-0.2, 0) is 6.54 Å². The number of hydrogen-bond donors (Lipinski definition) is 1. The molecule has 0 bridgehead atoms. The van der Waals surface area contributed by atoms with Crippen LogP contribution in [0.2, 0.25) is 0 Å². The highest BCUT2D eigenvalue weighted by Gasteiger charge is 2.27. The van der Waals surface area contributed by atoms with E-state index < -0.39 is 8.80 Å². The van der Waals surface area contributed by atoms with Gasteiger partial charge in [-0.3, -0.25) is 5.01 Å². The zero-order valence-corrected chi connectivity index (χ0v) is 32.1. The predicted molar refractivity (Wildman–Crippen MR) is 236 cm³/mol. The fraction of sp³-hybridized carbons (Fsp3) is 0.0392. The number of rotatable bonds is 8. The van der Waals surface area contributed by atoms with Crippen molar-refractivity contribution in [3.8, 4) is 5.69 Å². The molecule has 6 heteroatoms. The Labute approximate surface area is 332 Å². The minimum Gasteiger partial charge on any atom is -0.456 e. The first-order valence-electron chi connectivity index (χ1n) is 19.4. The van der Waals surface area contributed by atoms with E-state index in [1.54, 1.807) is 0 Å². The van der Waals surface area contributed by atoms with Crippen LogP contribution in [0.3, 0.4) is 0 Å². The molecule has 57 heavy (non-hydrogen) atoms. The van der Waals surface area contributed by atoms with Gasteiger partial charge in [0, 0.05) is 32.8 Å². The molecule has 11 rings (SSSR count). The molecule has 5 nitrogen and oxygen atoms in total. The number of para-hydroxylation sites is 1. The summed E-state index contributed by atoms with van der Waals surface area (Å²) in [5.74, 6) is 0.940. The lowest BCUT2D eigenvalue weighted by Crippen LogP contribution is -2.51. The van der Waals surface area contributed by atoms with Crippen molar-refractivity contribution in [1.29, 1.82) is 0 Å². The molecule has 8 aromatic carbocycles. The molecule has 1 N–H and O–H groups in total. The molecule has 1 unspecified atom stereocenters. The number of fused-ring (bicyclic) bond motifs is 6. The molecule has 3 heterocycles. The number of aromatic nitrogens is 1. The predicted octanol–water partition coefficient (Wildman–Crippen LogP) is 9.67. The summed E-state index contributed by atoms with van der Waals surface area (Å²) in [6.07, 6.45) is -0.148. The van der Waals surface area contributed by atoms with E-state index in [-0.39, 0.29) is 6.17 Å². The fourth-order valence-electron chi connectivity index (χ4n) is 8.47. The van der Waals surface area contributed by atoms with Crippen LogP contribution in [0.4, 0.5) is 0 Å². The van der Waals surface area contributed by atoms with Crippen molar-refractivity contribution in [2.24, 2.45) is 4.99 Å². The van der Waals surface area contributed by atoms with Gasteiger partial charge in [-0.25, -0.2) is 10.4 Å². The standard InChI is InChI=1S/C51H37N4OSi/c1-5-15-36(16-6-1)50-52-51(37-17-7-2-8-18-37)54(53-50)34-35-25-27-38(28-26-35)55-46-30-29-41(57(39-19-9-3-10-20-39)40-21-11-4-12-22-40)31-43(46)44-33-49-45(32-47(44)55)42-23-13-14-24-48(42)56-49/h1-33,50,53H,34H2. The van der Waals surface area contributed by atoms with E-state index >= 15 is 0 Å². The number of aliphatic imine (C=N–C) groups is 1. The molecule has 0 amide bonds. The van der Waals surface area contributed by atoms with Gasteiger partial charge in [0.2, 0.25) is 0 Å². The SMILES string of the molecule is c1ccc(C2=NC(c3ccccc3)NN2Cc2ccc(-n3c4ccc([Si](c5ccccc5)c5ccccc5)cc4c4cc5oc6ccccc6c5cc43)cc2)cc1. The molecule has 1 atom stereocenters. The Bertz CT molecular complexity index is 3030. The number of nitrogens with one attached hydrogen (secondary N) is 1. The molecule has 0 aliphatic carbocycles. The summed E-state index contributed by atoms with van der Waals surface area (Å²) in [6, 6.07) is 71.9. The van der Waals surface area contributed by atoms with Gasteiger partial charge < -0.3 is 8.98 Å². The van der Waals surface area contributed by atoms with Crippen LogP contribution in [0.15, 0.2) is 210 Å². The van der Waals surface area contributed by atoms with Gasteiger partial charge in [0.15, 0.2) is 8.80 Å². The van der Waals surface area contributed by atoms with Gasteiger partial charge in [-0.1, -0.05) is 174 Å².